The Morgan fingerprint density at radius 1 is 0.804 bits per heavy atom. The standard InChI is InChI=1S/C26H45NO19/c28-3-8-1-10(17(36)20(39)16(8)35)27-15-13(6-31)44-26(22(41)19(15)38)46-24-14(7-32)45-25(23(42)21(24)40)43-12(2-9(33)4-29)18(37)11(34)5-30/h1,5,9-29,31-42H,2-4,6-7H2/t9-,10?,11?,12?,13+,14?,15?,16?,17?,18?,19-,20?,21?,22?,23+,24?,25-,26-/m0/s1. The summed E-state index contributed by atoms with van der Waals surface area (Å²) in [6, 6.07) is -2.54. The topological polar surface area (TPSA) is 349 Å². The van der Waals surface area contributed by atoms with Crippen LogP contribution in [0.15, 0.2) is 11.6 Å². The highest BCUT2D eigenvalue weighted by molar-refractivity contribution is 5.56. The van der Waals surface area contributed by atoms with Gasteiger partial charge in [-0.3, -0.25) is 0 Å². The molecule has 1 aliphatic carbocycles. The number of nitrogens with one attached hydrogen (secondary N) is 1. The summed E-state index contributed by atoms with van der Waals surface area (Å²) >= 11 is 0. The average Bonchev–Trinajstić information content (AvgIpc) is 3.05. The van der Waals surface area contributed by atoms with E-state index in [-0.39, 0.29) is 11.9 Å². The molecule has 20 nitrogen and oxygen atoms in total. The predicted molar refractivity (Wildman–Crippen MR) is 145 cm³/mol. The molecule has 3 aliphatic rings. The molecule has 2 saturated heterocycles. The van der Waals surface area contributed by atoms with E-state index >= 15 is 0 Å². The van der Waals surface area contributed by atoms with Crippen LogP contribution in [-0.4, -0.2) is 214 Å². The molecule has 268 valence electrons. The van der Waals surface area contributed by atoms with Crippen molar-refractivity contribution in [2.75, 3.05) is 26.4 Å². The molecular weight excluding hydrogens is 630 g/mol. The van der Waals surface area contributed by atoms with Crippen molar-refractivity contribution < 1.29 is 95.2 Å². The van der Waals surface area contributed by atoms with Crippen LogP contribution in [0.5, 0.6) is 0 Å². The Morgan fingerprint density at radius 2 is 1.41 bits per heavy atom. The van der Waals surface area contributed by atoms with E-state index < -0.39 is 143 Å². The maximum Gasteiger partial charge on any atom is 0.187 e. The van der Waals surface area contributed by atoms with E-state index in [0.29, 0.717) is 0 Å². The number of rotatable bonds is 15. The van der Waals surface area contributed by atoms with E-state index in [9.17, 15) is 71.2 Å². The van der Waals surface area contributed by atoms with E-state index in [4.69, 9.17) is 24.1 Å². The second kappa shape index (κ2) is 17.3. The molecule has 0 spiro atoms. The Labute approximate surface area is 261 Å². The molecule has 2 heterocycles. The van der Waals surface area contributed by atoms with Gasteiger partial charge in [-0.15, -0.1) is 0 Å². The minimum atomic E-state index is -2.03. The number of aldehydes is 1. The summed E-state index contributed by atoms with van der Waals surface area (Å²) in [6.07, 6.45) is -27.6. The van der Waals surface area contributed by atoms with Crippen molar-refractivity contribution >= 4 is 6.29 Å². The van der Waals surface area contributed by atoms with Crippen molar-refractivity contribution in [3.63, 3.8) is 0 Å². The lowest BCUT2D eigenvalue weighted by Crippen LogP contribution is -2.69. The summed E-state index contributed by atoms with van der Waals surface area (Å²) < 4.78 is 22.1. The lowest BCUT2D eigenvalue weighted by Gasteiger charge is -2.48. The van der Waals surface area contributed by atoms with Crippen molar-refractivity contribution in [3.8, 4) is 0 Å². The minimum absolute atomic E-state index is 0.0303. The van der Waals surface area contributed by atoms with Crippen molar-refractivity contribution in [2.24, 2.45) is 0 Å². The zero-order chi connectivity index (χ0) is 34.5. The third-order valence-electron chi connectivity index (χ3n) is 8.27. The van der Waals surface area contributed by atoms with Crippen LogP contribution in [0.25, 0.3) is 0 Å². The SMILES string of the molecule is O=CC(O)C(O)C(C[C@H](O)CO)O[C@H]1OC(CO)C(O[C@@H]2O[C@H](CO)C(NC3C=C(CO)C(O)C(O)C3O)[C@H](O)C2O)C(O)[C@H]1O. The van der Waals surface area contributed by atoms with E-state index in [1.165, 1.54) is 6.08 Å². The fraction of sp³-hybridized carbons (Fsp3) is 0.885. The molecule has 0 amide bonds. The summed E-state index contributed by atoms with van der Waals surface area (Å²) in [7, 11) is 0. The highest BCUT2D eigenvalue weighted by Gasteiger charge is 2.52. The summed E-state index contributed by atoms with van der Waals surface area (Å²) in [5.41, 5.74) is -0.0451. The third kappa shape index (κ3) is 8.62. The van der Waals surface area contributed by atoms with E-state index in [2.05, 4.69) is 5.32 Å². The first-order valence-corrected chi connectivity index (χ1v) is 14.5. The average molecular weight is 676 g/mol. The number of aliphatic hydroxyl groups excluding tert-OH is 14. The quantitative estimate of drug-likeness (QED) is 0.0565. The van der Waals surface area contributed by atoms with Crippen LogP contribution in [0.3, 0.4) is 0 Å². The highest BCUT2D eigenvalue weighted by Crippen LogP contribution is 2.31. The second-order valence-corrected chi connectivity index (χ2v) is 11.4. The van der Waals surface area contributed by atoms with Crippen molar-refractivity contribution in [1.82, 2.24) is 5.32 Å². The van der Waals surface area contributed by atoms with Crippen molar-refractivity contribution in [1.29, 1.82) is 0 Å². The van der Waals surface area contributed by atoms with Gasteiger partial charge in [0, 0.05) is 6.42 Å². The predicted octanol–water partition coefficient (Wildman–Crippen LogP) is -9.36. The molecule has 46 heavy (non-hydrogen) atoms. The fourth-order valence-electron chi connectivity index (χ4n) is 5.55. The molecule has 15 N–H and O–H groups in total. The lowest BCUT2D eigenvalue weighted by atomic mass is 9.86. The zero-order valence-electron chi connectivity index (χ0n) is 24.4. The van der Waals surface area contributed by atoms with Crippen LogP contribution in [0, 0.1) is 0 Å². The summed E-state index contributed by atoms with van der Waals surface area (Å²) in [5, 5.41) is 145. The van der Waals surface area contributed by atoms with Gasteiger partial charge in [-0.2, -0.15) is 0 Å². The molecule has 0 saturated carbocycles. The van der Waals surface area contributed by atoms with Crippen LogP contribution < -0.4 is 5.32 Å². The molecule has 0 aromatic heterocycles. The summed E-state index contributed by atoms with van der Waals surface area (Å²) in [5.74, 6) is 0. The maximum atomic E-state index is 11.0. The van der Waals surface area contributed by atoms with Gasteiger partial charge in [0.15, 0.2) is 18.9 Å². The van der Waals surface area contributed by atoms with Gasteiger partial charge in [0.05, 0.1) is 50.7 Å². The van der Waals surface area contributed by atoms with Gasteiger partial charge in [-0.1, -0.05) is 6.08 Å². The molecule has 20 heteroatoms. The molecule has 0 aromatic carbocycles. The zero-order valence-corrected chi connectivity index (χ0v) is 24.4. The van der Waals surface area contributed by atoms with E-state index in [1.807, 2.05) is 0 Å². The van der Waals surface area contributed by atoms with Gasteiger partial charge < -0.3 is 101 Å². The van der Waals surface area contributed by atoms with Crippen LogP contribution >= 0.6 is 0 Å². The molecule has 0 radical (unpaired) electrons. The van der Waals surface area contributed by atoms with Gasteiger partial charge in [0.25, 0.3) is 0 Å². The Balaban J connectivity index is 1.74. The van der Waals surface area contributed by atoms with Gasteiger partial charge in [0.2, 0.25) is 0 Å². The van der Waals surface area contributed by atoms with Gasteiger partial charge in [-0.05, 0) is 5.57 Å². The van der Waals surface area contributed by atoms with Crippen LogP contribution in [-0.2, 0) is 23.7 Å². The first kappa shape index (κ1) is 39.1. The van der Waals surface area contributed by atoms with Crippen LogP contribution in [0.2, 0.25) is 0 Å². The van der Waals surface area contributed by atoms with E-state index in [1.54, 1.807) is 0 Å². The van der Waals surface area contributed by atoms with Crippen molar-refractivity contribution in [2.45, 2.75) is 117 Å². The first-order valence-electron chi connectivity index (χ1n) is 14.5. The molecule has 12 unspecified atom stereocenters. The van der Waals surface area contributed by atoms with Gasteiger partial charge in [0.1, 0.15) is 73.2 Å². The van der Waals surface area contributed by atoms with Crippen LogP contribution in [0.4, 0.5) is 0 Å². The lowest BCUT2D eigenvalue weighted by molar-refractivity contribution is -0.360. The molecule has 18 atom stereocenters. The molecule has 0 bridgehead atoms. The summed E-state index contributed by atoms with van der Waals surface area (Å²) in [6.45, 7) is -3.20. The van der Waals surface area contributed by atoms with Gasteiger partial charge in [-0.25, -0.2) is 0 Å². The van der Waals surface area contributed by atoms with E-state index in [0.717, 1.165) is 0 Å². The Morgan fingerprint density at radius 3 is 1.98 bits per heavy atom. The number of hydrogen-bond acceptors (Lipinski definition) is 20. The van der Waals surface area contributed by atoms with Crippen molar-refractivity contribution in [3.05, 3.63) is 11.6 Å². The number of hydrogen-bond donors (Lipinski definition) is 15. The number of carbonyl (C=O) groups is 1. The Hall–Kier alpha value is -1.35. The molecule has 0 aromatic rings. The number of carbonyl (C=O) groups excluding carboxylic acids is 1. The molecule has 3 rings (SSSR count). The van der Waals surface area contributed by atoms with Crippen LogP contribution in [0.1, 0.15) is 6.42 Å². The molecular formula is C26H45NO19. The largest absolute Gasteiger partial charge is 0.394 e. The Kier molecular flexibility index (Phi) is 14.7. The third-order valence-corrected chi connectivity index (χ3v) is 8.27. The highest BCUT2D eigenvalue weighted by atomic mass is 16.7. The monoisotopic (exact) mass is 675 g/mol. The molecule has 2 fully saturated rings. The molecule has 2 aliphatic heterocycles. The summed E-state index contributed by atoms with van der Waals surface area (Å²) in [4.78, 5) is 11.0. The van der Waals surface area contributed by atoms with Gasteiger partial charge >= 0.3 is 0 Å². The number of ether oxygens (including phenoxy) is 4. The minimum Gasteiger partial charge on any atom is -0.394 e. The Bertz CT molecular complexity index is 973. The second-order valence-electron chi connectivity index (χ2n) is 11.4. The maximum absolute atomic E-state index is 11.0. The fourth-order valence-corrected chi connectivity index (χ4v) is 5.55. The normalized spacial score (nSPS) is 43.0. The smallest absolute Gasteiger partial charge is 0.187 e. The number of aliphatic hydroxyl groups is 14. The first-order chi connectivity index (χ1) is 21.7.